The molecule has 0 saturated heterocycles. The van der Waals surface area contributed by atoms with Gasteiger partial charge in [-0.05, 0) is 42.2 Å². The lowest BCUT2D eigenvalue weighted by molar-refractivity contribution is -0.140. The number of carbonyl (C=O) groups is 2. The standard InChI is InChI=1S/C29H33F2N3O4S/c1-4-16-32-29(36)27(17-22-11-6-5-7-12-22)33(19-23-13-9-8-10-21(23)2)28(35)20-34(39(3,37)38)24-14-15-25(30)26(31)18-24/h5-15,18,27H,4,16-17,19-20H2,1-3H3,(H,32,36). The average molecular weight is 558 g/mol. The second-order valence-electron chi connectivity index (χ2n) is 9.31. The van der Waals surface area contributed by atoms with Crippen LogP contribution in [-0.4, -0.2) is 50.5 Å². The highest BCUT2D eigenvalue weighted by atomic mass is 32.2. The van der Waals surface area contributed by atoms with E-state index in [2.05, 4.69) is 5.32 Å². The van der Waals surface area contributed by atoms with Gasteiger partial charge >= 0.3 is 0 Å². The summed E-state index contributed by atoms with van der Waals surface area (Å²) in [5.41, 5.74) is 2.29. The minimum absolute atomic E-state index is 0.0396. The second-order valence-corrected chi connectivity index (χ2v) is 11.2. The summed E-state index contributed by atoms with van der Waals surface area (Å²) in [5.74, 6) is -3.43. The van der Waals surface area contributed by atoms with Gasteiger partial charge < -0.3 is 10.2 Å². The third kappa shape index (κ3) is 8.10. The molecule has 1 unspecified atom stereocenters. The Morgan fingerprint density at radius 2 is 1.62 bits per heavy atom. The van der Waals surface area contributed by atoms with Crippen LogP contribution in [0.3, 0.4) is 0 Å². The van der Waals surface area contributed by atoms with Crippen molar-refractivity contribution in [3.63, 3.8) is 0 Å². The Bertz CT molecular complexity index is 1400. The molecule has 208 valence electrons. The van der Waals surface area contributed by atoms with Gasteiger partial charge in [-0.25, -0.2) is 17.2 Å². The fourth-order valence-electron chi connectivity index (χ4n) is 4.14. The number of nitrogens with zero attached hydrogens (tertiary/aromatic N) is 2. The summed E-state index contributed by atoms with van der Waals surface area (Å²) in [6, 6.07) is 18.3. The number of halogens is 2. The van der Waals surface area contributed by atoms with E-state index in [1.807, 2.05) is 68.4 Å². The highest BCUT2D eigenvalue weighted by molar-refractivity contribution is 7.92. The van der Waals surface area contributed by atoms with Crippen LogP contribution in [0.15, 0.2) is 72.8 Å². The molecule has 0 fully saturated rings. The Hall–Kier alpha value is -3.79. The molecule has 0 radical (unpaired) electrons. The summed E-state index contributed by atoms with van der Waals surface area (Å²) >= 11 is 0. The number of benzene rings is 3. The number of nitrogens with one attached hydrogen (secondary N) is 1. The monoisotopic (exact) mass is 557 g/mol. The lowest BCUT2D eigenvalue weighted by atomic mass is 10.0. The molecule has 0 aliphatic rings. The zero-order valence-corrected chi connectivity index (χ0v) is 23.0. The highest BCUT2D eigenvalue weighted by Gasteiger charge is 2.33. The van der Waals surface area contributed by atoms with E-state index >= 15 is 0 Å². The van der Waals surface area contributed by atoms with Gasteiger partial charge in [0.15, 0.2) is 11.6 Å². The van der Waals surface area contributed by atoms with Gasteiger partial charge in [0.1, 0.15) is 12.6 Å². The van der Waals surface area contributed by atoms with Gasteiger partial charge in [-0.3, -0.25) is 13.9 Å². The van der Waals surface area contributed by atoms with E-state index in [1.165, 1.54) is 4.90 Å². The minimum atomic E-state index is -4.08. The summed E-state index contributed by atoms with van der Waals surface area (Å²) in [5, 5.41) is 2.86. The van der Waals surface area contributed by atoms with Crippen molar-refractivity contribution in [3.8, 4) is 0 Å². The SMILES string of the molecule is CCCNC(=O)C(Cc1ccccc1)N(Cc1ccccc1C)C(=O)CN(c1ccc(F)c(F)c1)S(C)(=O)=O. The number of sulfonamides is 1. The maximum atomic E-state index is 14.0. The number of amides is 2. The summed E-state index contributed by atoms with van der Waals surface area (Å²) in [6.07, 6.45) is 1.76. The highest BCUT2D eigenvalue weighted by Crippen LogP contribution is 2.23. The molecule has 0 bridgehead atoms. The number of hydrogen-bond acceptors (Lipinski definition) is 4. The van der Waals surface area contributed by atoms with Crippen molar-refractivity contribution in [3.05, 3.63) is 101 Å². The third-order valence-electron chi connectivity index (χ3n) is 6.29. The van der Waals surface area contributed by atoms with Gasteiger partial charge in [0, 0.05) is 25.6 Å². The maximum Gasteiger partial charge on any atom is 0.244 e. The molecular formula is C29H33F2N3O4S. The van der Waals surface area contributed by atoms with Crippen LogP contribution in [0.1, 0.15) is 30.0 Å². The molecule has 2 amide bonds. The first-order valence-electron chi connectivity index (χ1n) is 12.6. The fraction of sp³-hybridized carbons (Fsp3) is 0.310. The van der Waals surface area contributed by atoms with Crippen molar-refractivity contribution in [2.45, 2.75) is 39.3 Å². The number of anilines is 1. The lowest BCUT2D eigenvalue weighted by Crippen LogP contribution is -2.53. The Morgan fingerprint density at radius 3 is 2.23 bits per heavy atom. The van der Waals surface area contributed by atoms with Crippen LogP contribution in [0.5, 0.6) is 0 Å². The summed E-state index contributed by atoms with van der Waals surface area (Å²) < 4.78 is 53.7. The van der Waals surface area contributed by atoms with E-state index in [9.17, 15) is 26.8 Å². The molecule has 0 heterocycles. The Labute approximate surface area is 228 Å². The first-order chi connectivity index (χ1) is 18.5. The summed E-state index contributed by atoms with van der Waals surface area (Å²) in [7, 11) is -4.08. The molecular weight excluding hydrogens is 524 g/mol. The molecule has 10 heteroatoms. The predicted molar refractivity (Wildman–Crippen MR) is 148 cm³/mol. The Balaban J connectivity index is 2.06. The van der Waals surface area contributed by atoms with E-state index < -0.39 is 40.2 Å². The van der Waals surface area contributed by atoms with Crippen molar-refractivity contribution in [1.29, 1.82) is 0 Å². The number of carbonyl (C=O) groups excluding carboxylic acids is 2. The van der Waals surface area contributed by atoms with E-state index in [-0.39, 0.29) is 24.6 Å². The van der Waals surface area contributed by atoms with E-state index in [0.29, 0.717) is 17.3 Å². The molecule has 0 aromatic heterocycles. The molecule has 0 aliphatic carbocycles. The van der Waals surface area contributed by atoms with Crippen LogP contribution in [0, 0.1) is 18.6 Å². The normalized spacial score (nSPS) is 12.0. The van der Waals surface area contributed by atoms with Crippen LogP contribution < -0.4 is 9.62 Å². The minimum Gasteiger partial charge on any atom is -0.354 e. The molecule has 3 aromatic rings. The fourth-order valence-corrected chi connectivity index (χ4v) is 4.99. The van der Waals surface area contributed by atoms with Gasteiger partial charge in [-0.1, -0.05) is 61.5 Å². The molecule has 7 nitrogen and oxygen atoms in total. The molecule has 3 aromatic carbocycles. The largest absolute Gasteiger partial charge is 0.354 e. The van der Waals surface area contributed by atoms with Gasteiger partial charge in [-0.2, -0.15) is 0 Å². The Morgan fingerprint density at radius 1 is 0.949 bits per heavy atom. The summed E-state index contributed by atoms with van der Waals surface area (Å²) in [6.45, 7) is 3.53. The molecule has 0 aliphatic heterocycles. The van der Waals surface area contributed by atoms with Crippen LogP contribution in [0.2, 0.25) is 0 Å². The van der Waals surface area contributed by atoms with Gasteiger partial charge in [-0.15, -0.1) is 0 Å². The van der Waals surface area contributed by atoms with Gasteiger partial charge in [0.2, 0.25) is 21.8 Å². The van der Waals surface area contributed by atoms with Crippen molar-refractivity contribution in [1.82, 2.24) is 10.2 Å². The number of hydrogen-bond donors (Lipinski definition) is 1. The predicted octanol–water partition coefficient (Wildman–Crippen LogP) is 4.21. The average Bonchev–Trinajstić information content (AvgIpc) is 2.90. The van der Waals surface area contributed by atoms with Gasteiger partial charge in [0.25, 0.3) is 0 Å². The molecule has 3 rings (SSSR count). The van der Waals surface area contributed by atoms with Crippen LogP contribution >= 0.6 is 0 Å². The lowest BCUT2D eigenvalue weighted by Gasteiger charge is -2.34. The quantitative estimate of drug-likeness (QED) is 0.362. The van der Waals surface area contributed by atoms with E-state index in [4.69, 9.17) is 0 Å². The van der Waals surface area contributed by atoms with Crippen molar-refractivity contribution >= 4 is 27.5 Å². The van der Waals surface area contributed by atoms with Crippen LogP contribution in [0.4, 0.5) is 14.5 Å². The zero-order valence-electron chi connectivity index (χ0n) is 22.2. The molecule has 39 heavy (non-hydrogen) atoms. The van der Waals surface area contributed by atoms with Gasteiger partial charge in [0.05, 0.1) is 11.9 Å². The second kappa shape index (κ2) is 13.3. The van der Waals surface area contributed by atoms with E-state index in [0.717, 1.165) is 41.1 Å². The molecule has 0 saturated carbocycles. The first-order valence-corrected chi connectivity index (χ1v) is 14.4. The van der Waals surface area contributed by atoms with Crippen LogP contribution in [0.25, 0.3) is 0 Å². The zero-order chi connectivity index (χ0) is 28.6. The number of rotatable bonds is 12. The van der Waals surface area contributed by atoms with Crippen molar-refractivity contribution < 1.29 is 26.8 Å². The summed E-state index contributed by atoms with van der Waals surface area (Å²) in [4.78, 5) is 28.7. The maximum absolute atomic E-state index is 14.0. The first kappa shape index (κ1) is 29.8. The van der Waals surface area contributed by atoms with E-state index in [1.54, 1.807) is 0 Å². The number of aryl methyl sites for hydroxylation is 1. The third-order valence-corrected chi connectivity index (χ3v) is 7.43. The topological polar surface area (TPSA) is 86.8 Å². The van der Waals surface area contributed by atoms with Crippen molar-refractivity contribution in [2.24, 2.45) is 0 Å². The van der Waals surface area contributed by atoms with Crippen molar-refractivity contribution in [2.75, 3.05) is 23.7 Å². The molecule has 0 spiro atoms. The smallest absolute Gasteiger partial charge is 0.244 e. The molecule has 1 atom stereocenters. The molecule has 1 N–H and O–H groups in total. The Kier molecular flexibility index (Phi) is 10.2. The van der Waals surface area contributed by atoms with Crippen LogP contribution in [-0.2, 0) is 32.6 Å².